The second-order valence-electron chi connectivity index (χ2n) is 9.29. The lowest BCUT2D eigenvalue weighted by atomic mass is 9.88. The predicted molar refractivity (Wildman–Crippen MR) is 137 cm³/mol. The van der Waals surface area contributed by atoms with E-state index in [1.807, 2.05) is 32.1 Å². The van der Waals surface area contributed by atoms with Crippen LogP contribution in [0.15, 0.2) is 42.5 Å². The van der Waals surface area contributed by atoms with Crippen molar-refractivity contribution in [3.05, 3.63) is 65.0 Å². The van der Waals surface area contributed by atoms with Crippen LogP contribution in [0.25, 0.3) is 0 Å². The number of piperidine rings is 1. The van der Waals surface area contributed by atoms with Crippen molar-refractivity contribution in [2.45, 2.75) is 51.2 Å². The fourth-order valence-corrected chi connectivity index (χ4v) is 5.09. The highest BCUT2D eigenvalue weighted by Crippen LogP contribution is 2.30. The van der Waals surface area contributed by atoms with Gasteiger partial charge in [0.2, 0.25) is 12.3 Å². The summed E-state index contributed by atoms with van der Waals surface area (Å²) in [4.78, 5) is 26.6. The Morgan fingerprint density at radius 1 is 1.09 bits per heavy atom. The van der Waals surface area contributed by atoms with Gasteiger partial charge in [0.1, 0.15) is 11.4 Å². The van der Waals surface area contributed by atoms with Gasteiger partial charge in [0.15, 0.2) is 0 Å². The summed E-state index contributed by atoms with van der Waals surface area (Å²) in [6.45, 7) is 6.74. The third-order valence-electron chi connectivity index (χ3n) is 6.41. The van der Waals surface area contributed by atoms with Crippen LogP contribution in [0.2, 0.25) is 0 Å². The van der Waals surface area contributed by atoms with Gasteiger partial charge in [0.05, 0.1) is 0 Å². The first-order chi connectivity index (χ1) is 16.3. The molecule has 2 aromatic rings. The van der Waals surface area contributed by atoms with Crippen LogP contribution in [-0.2, 0) is 22.7 Å². The van der Waals surface area contributed by atoms with E-state index < -0.39 is 5.54 Å². The lowest BCUT2D eigenvalue weighted by molar-refractivity contribution is -0.137. The van der Waals surface area contributed by atoms with Gasteiger partial charge >= 0.3 is 0 Å². The van der Waals surface area contributed by atoms with E-state index in [-0.39, 0.29) is 11.7 Å². The molecule has 2 heterocycles. The number of anilines is 1. The van der Waals surface area contributed by atoms with Crippen molar-refractivity contribution < 1.29 is 14.0 Å². The average Bonchev–Trinajstić information content (AvgIpc) is 3.26. The maximum absolute atomic E-state index is 12.7. The summed E-state index contributed by atoms with van der Waals surface area (Å²) >= 11 is 1.50. The molecule has 0 saturated carbocycles. The topological polar surface area (TPSA) is 64.7 Å². The molecule has 34 heavy (non-hydrogen) atoms. The minimum absolute atomic E-state index is 0.200. The van der Waals surface area contributed by atoms with Gasteiger partial charge in [-0.2, -0.15) is 0 Å². The summed E-state index contributed by atoms with van der Waals surface area (Å²) in [7, 11) is 1.93. The first kappa shape index (κ1) is 26.0. The molecule has 1 saturated heterocycles. The molecule has 2 aromatic carbocycles. The molecule has 0 atom stereocenters. The fraction of sp³-hybridized carbons (Fsp3) is 0.462. The number of carbonyl (C=O) groups is 2. The number of likely N-dealkylation sites (tertiary alicyclic amines) is 1. The molecular formula is C26H35FN4O2S. The summed E-state index contributed by atoms with van der Waals surface area (Å²) in [5.41, 5.74) is 3.99. The Morgan fingerprint density at radius 3 is 2.32 bits per heavy atom. The highest BCUT2D eigenvalue weighted by atomic mass is 32.2. The maximum atomic E-state index is 12.7. The number of fused-ring (bicyclic) bond motifs is 1. The normalized spacial score (nSPS) is 15.9. The first-order valence-electron chi connectivity index (χ1n) is 11.6. The predicted octanol–water partition coefficient (Wildman–Crippen LogP) is 4.38. The van der Waals surface area contributed by atoms with Crippen LogP contribution >= 0.6 is 11.9 Å². The molecular weight excluding hydrogens is 451 g/mol. The average molecular weight is 487 g/mol. The summed E-state index contributed by atoms with van der Waals surface area (Å²) in [6, 6.07) is 13.3. The van der Waals surface area contributed by atoms with Gasteiger partial charge in [-0.25, -0.2) is 9.11 Å². The third kappa shape index (κ3) is 6.51. The molecule has 0 radical (unpaired) electrons. The minimum atomic E-state index is -0.499. The van der Waals surface area contributed by atoms with Crippen molar-refractivity contribution >= 4 is 30.0 Å². The van der Waals surface area contributed by atoms with E-state index in [0.29, 0.717) is 19.0 Å². The lowest BCUT2D eigenvalue weighted by Crippen LogP contribution is -2.53. The molecule has 8 heteroatoms. The largest absolute Gasteiger partial charge is 0.388 e. The van der Waals surface area contributed by atoms with Crippen molar-refractivity contribution in [3.63, 3.8) is 0 Å². The summed E-state index contributed by atoms with van der Waals surface area (Å²) < 4.78 is 15.9. The molecule has 0 aromatic heterocycles. The van der Waals surface area contributed by atoms with Crippen LogP contribution in [0.1, 0.15) is 49.3 Å². The number of halogens is 1. The lowest BCUT2D eigenvalue weighted by Gasteiger charge is -2.37. The Labute approximate surface area is 206 Å². The molecule has 2 aliphatic heterocycles. The number of nitrogens with one attached hydrogen (secondary N) is 2. The van der Waals surface area contributed by atoms with E-state index in [1.165, 1.54) is 29.6 Å². The zero-order valence-corrected chi connectivity index (χ0v) is 21.3. The molecule has 2 amide bonds. The Morgan fingerprint density at radius 2 is 1.74 bits per heavy atom. The van der Waals surface area contributed by atoms with Gasteiger partial charge in [-0.05, 0) is 79.8 Å². The summed E-state index contributed by atoms with van der Waals surface area (Å²) in [6.07, 6.45) is 4.83. The van der Waals surface area contributed by atoms with Crippen LogP contribution < -0.4 is 10.0 Å². The number of rotatable bonds is 6. The third-order valence-corrected chi connectivity index (χ3v) is 7.12. The van der Waals surface area contributed by atoms with Crippen LogP contribution in [0.5, 0.6) is 0 Å². The molecule has 184 valence electrons. The van der Waals surface area contributed by atoms with Gasteiger partial charge < -0.3 is 15.1 Å². The van der Waals surface area contributed by atoms with Crippen molar-refractivity contribution in [1.29, 1.82) is 0 Å². The van der Waals surface area contributed by atoms with Gasteiger partial charge in [0, 0.05) is 38.9 Å². The van der Waals surface area contributed by atoms with E-state index in [2.05, 4.69) is 34.3 Å². The molecule has 0 unspecified atom stereocenters. The van der Waals surface area contributed by atoms with Crippen molar-refractivity contribution in [1.82, 2.24) is 14.5 Å². The molecule has 0 spiro atoms. The standard InChI is InChI=1S/C17H27N3OS.C9H8FNO/c1-17(2,19-22-4)16(21)20-11-9-14(10-12-20)13-5-7-15(18-3)8-6-13;10-9-2-1-7-4-11(6-12)5-8(7)3-9/h5-8,14,18-19H,9-12H2,1-4H3;1-3,6H,4-5H2. The molecule has 0 bridgehead atoms. The molecule has 4 rings (SSSR count). The zero-order chi connectivity index (χ0) is 24.7. The molecule has 0 aliphatic carbocycles. The number of amides is 2. The number of benzene rings is 2. The number of hydrogen-bond acceptors (Lipinski definition) is 5. The molecule has 2 N–H and O–H groups in total. The minimum Gasteiger partial charge on any atom is -0.388 e. The van der Waals surface area contributed by atoms with E-state index in [9.17, 15) is 14.0 Å². The SMILES string of the molecule is CNc1ccc(C2CCN(C(=O)C(C)(C)NSC)CC2)cc1.O=CN1Cc2ccc(F)cc2C1. The quantitative estimate of drug-likeness (QED) is 0.469. The zero-order valence-electron chi connectivity index (χ0n) is 20.4. The number of hydrogen-bond donors (Lipinski definition) is 2. The van der Waals surface area contributed by atoms with Crippen LogP contribution in [0.3, 0.4) is 0 Å². The van der Waals surface area contributed by atoms with Crippen LogP contribution in [0, 0.1) is 5.82 Å². The smallest absolute Gasteiger partial charge is 0.243 e. The number of nitrogens with zero attached hydrogens (tertiary/aromatic N) is 2. The van der Waals surface area contributed by atoms with E-state index >= 15 is 0 Å². The second kappa shape index (κ2) is 11.7. The number of carbonyl (C=O) groups excluding carboxylic acids is 2. The molecule has 6 nitrogen and oxygen atoms in total. The summed E-state index contributed by atoms with van der Waals surface area (Å²) in [5.74, 6) is 0.527. The van der Waals surface area contributed by atoms with Gasteiger partial charge in [-0.15, -0.1) is 0 Å². The van der Waals surface area contributed by atoms with E-state index in [4.69, 9.17) is 0 Å². The Balaban J connectivity index is 0.000000226. The Bertz CT molecular complexity index is 975. The Hall–Kier alpha value is -2.58. The van der Waals surface area contributed by atoms with E-state index in [0.717, 1.165) is 49.2 Å². The van der Waals surface area contributed by atoms with Crippen LogP contribution in [0.4, 0.5) is 10.1 Å². The van der Waals surface area contributed by atoms with Crippen LogP contribution in [-0.4, -0.2) is 54.0 Å². The highest BCUT2D eigenvalue weighted by molar-refractivity contribution is 7.96. The maximum Gasteiger partial charge on any atom is 0.243 e. The van der Waals surface area contributed by atoms with Gasteiger partial charge in [-0.3, -0.25) is 9.59 Å². The second-order valence-corrected chi connectivity index (χ2v) is 9.91. The molecule has 2 aliphatic rings. The first-order valence-corrected chi connectivity index (χ1v) is 12.8. The highest BCUT2D eigenvalue weighted by Gasteiger charge is 2.33. The van der Waals surface area contributed by atoms with E-state index in [1.54, 1.807) is 11.0 Å². The summed E-state index contributed by atoms with van der Waals surface area (Å²) in [5, 5.41) is 3.15. The molecule has 1 fully saturated rings. The Kier molecular flexibility index (Phi) is 8.97. The fourth-order valence-electron chi connectivity index (χ4n) is 4.50. The van der Waals surface area contributed by atoms with Crippen molar-refractivity contribution in [2.24, 2.45) is 0 Å². The van der Waals surface area contributed by atoms with Crippen molar-refractivity contribution in [3.8, 4) is 0 Å². The van der Waals surface area contributed by atoms with Gasteiger partial charge in [0.25, 0.3) is 0 Å². The van der Waals surface area contributed by atoms with Crippen molar-refractivity contribution in [2.75, 3.05) is 31.7 Å². The monoisotopic (exact) mass is 486 g/mol. The van der Waals surface area contributed by atoms with Gasteiger partial charge in [-0.1, -0.05) is 30.1 Å².